The number of nitrogens with zero attached hydrogens (tertiary/aromatic N) is 2. The van der Waals surface area contributed by atoms with Crippen LogP contribution in [0.25, 0.3) is 0 Å². The first-order chi connectivity index (χ1) is 10.6. The van der Waals surface area contributed by atoms with Gasteiger partial charge in [-0.05, 0) is 63.2 Å². The van der Waals surface area contributed by atoms with Crippen LogP contribution in [0.2, 0.25) is 0 Å². The zero-order valence-electron chi connectivity index (χ0n) is 13.1. The number of nitrogens with one attached hydrogen (secondary N) is 1. The van der Waals surface area contributed by atoms with E-state index in [9.17, 15) is 4.79 Å². The molecule has 5 nitrogen and oxygen atoms in total. The van der Waals surface area contributed by atoms with E-state index in [0.29, 0.717) is 17.8 Å². The van der Waals surface area contributed by atoms with Crippen LogP contribution in [0.3, 0.4) is 0 Å². The van der Waals surface area contributed by atoms with E-state index >= 15 is 0 Å². The van der Waals surface area contributed by atoms with E-state index in [4.69, 9.17) is 9.51 Å². The normalized spacial score (nSPS) is 42.6. The lowest BCUT2D eigenvalue weighted by Crippen LogP contribution is -2.64. The van der Waals surface area contributed by atoms with E-state index in [2.05, 4.69) is 10.5 Å². The highest BCUT2D eigenvalue weighted by atomic mass is 16.5. The van der Waals surface area contributed by atoms with Crippen LogP contribution in [-0.4, -0.2) is 21.6 Å². The van der Waals surface area contributed by atoms with Gasteiger partial charge >= 0.3 is 0 Å². The second-order valence-electron chi connectivity index (χ2n) is 8.43. The van der Waals surface area contributed by atoms with Gasteiger partial charge in [-0.15, -0.1) is 0 Å². The van der Waals surface area contributed by atoms with E-state index in [1.165, 1.54) is 19.3 Å². The van der Waals surface area contributed by atoms with Crippen LogP contribution in [-0.2, 0) is 10.2 Å². The second kappa shape index (κ2) is 4.12. The monoisotopic (exact) mass is 301 g/mol. The van der Waals surface area contributed by atoms with Crippen molar-refractivity contribution < 1.29 is 9.32 Å². The van der Waals surface area contributed by atoms with Gasteiger partial charge in [0.15, 0.2) is 5.82 Å². The summed E-state index contributed by atoms with van der Waals surface area (Å²) in [7, 11) is 0. The Labute approximate surface area is 130 Å². The minimum Gasteiger partial charge on any atom is -0.351 e. The Kier molecular flexibility index (Phi) is 2.45. The van der Waals surface area contributed by atoms with E-state index in [1.54, 1.807) is 6.92 Å². The molecule has 0 saturated heterocycles. The molecular formula is C17H23N3O2. The molecule has 4 atom stereocenters. The third-order valence-electron chi connectivity index (χ3n) is 6.34. The van der Waals surface area contributed by atoms with Crippen molar-refractivity contribution >= 4 is 5.91 Å². The lowest BCUT2D eigenvalue weighted by Gasteiger charge is -2.60. The van der Waals surface area contributed by atoms with E-state index in [0.717, 1.165) is 43.8 Å². The standard InChI is InChI=1S/C17H23N3O2/c1-10(21)19-17-7-11-4-12(8-17)6-16(5-11,9-17)15-18-14(20-22-15)13-2-3-13/h11-13H,2-9H2,1H3,(H,19,21)/t11-,12+,16?,17?. The fourth-order valence-electron chi connectivity index (χ4n) is 5.99. The Bertz CT molecular complexity index is 620. The maximum absolute atomic E-state index is 11.7. The average molecular weight is 301 g/mol. The molecule has 2 unspecified atom stereocenters. The predicted molar refractivity (Wildman–Crippen MR) is 79.2 cm³/mol. The number of hydrogen-bond acceptors (Lipinski definition) is 4. The average Bonchev–Trinajstić information content (AvgIpc) is 3.12. The molecule has 1 heterocycles. The second-order valence-corrected chi connectivity index (χ2v) is 8.43. The summed E-state index contributed by atoms with van der Waals surface area (Å²) < 4.78 is 5.73. The third kappa shape index (κ3) is 1.87. The van der Waals surface area contributed by atoms with Crippen molar-refractivity contribution in [2.45, 2.75) is 75.2 Å². The van der Waals surface area contributed by atoms with Crippen LogP contribution in [0.4, 0.5) is 0 Å². The lowest BCUT2D eigenvalue weighted by molar-refractivity contribution is -0.126. The highest BCUT2D eigenvalue weighted by Crippen LogP contribution is 2.62. The van der Waals surface area contributed by atoms with Gasteiger partial charge in [-0.2, -0.15) is 4.98 Å². The van der Waals surface area contributed by atoms with Crippen molar-refractivity contribution in [2.24, 2.45) is 11.8 Å². The molecule has 1 aromatic rings. The molecule has 5 fully saturated rings. The molecule has 118 valence electrons. The summed E-state index contributed by atoms with van der Waals surface area (Å²) in [5, 5.41) is 7.54. The van der Waals surface area contributed by atoms with Crippen LogP contribution < -0.4 is 5.32 Å². The van der Waals surface area contributed by atoms with Crippen LogP contribution in [0.15, 0.2) is 4.52 Å². The van der Waals surface area contributed by atoms with E-state index in [-0.39, 0.29) is 16.9 Å². The summed E-state index contributed by atoms with van der Waals surface area (Å²) in [5.74, 6) is 3.81. The van der Waals surface area contributed by atoms with Crippen LogP contribution in [0.5, 0.6) is 0 Å². The van der Waals surface area contributed by atoms with Gasteiger partial charge in [-0.3, -0.25) is 4.79 Å². The zero-order valence-corrected chi connectivity index (χ0v) is 13.1. The van der Waals surface area contributed by atoms with E-state index in [1.807, 2.05) is 0 Å². The molecule has 5 saturated carbocycles. The Balaban J connectivity index is 1.51. The van der Waals surface area contributed by atoms with Gasteiger partial charge in [0.05, 0.1) is 5.41 Å². The molecule has 5 heteroatoms. The van der Waals surface area contributed by atoms with Gasteiger partial charge in [-0.25, -0.2) is 0 Å². The maximum atomic E-state index is 11.7. The number of aromatic nitrogens is 2. The number of hydrogen-bond donors (Lipinski definition) is 1. The smallest absolute Gasteiger partial charge is 0.232 e. The zero-order chi connectivity index (χ0) is 14.9. The molecule has 5 aliphatic carbocycles. The van der Waals surface area contributed by atoms with Crippen molar-refractivity contribution in [3.63, 3.8) is 0 Å². The minimum absolute atomic E-state index is 0.0205. The van der Waals surface area contributed by atoms with Crippen molar-refractivity contribution in [2.75, 3.05) is 0 Å². The van der Waals surface area contributed by atoms with Crippen LogP contribution >= 0.6 is 0 Å². The van der Waals surface area contributed by atoms with Gasteiger partial charge in [0.1, 0.15) is 0 Å². The predicted octanol–water partition coefficient (Wildman–Crippen LogP) is 2.67. The van der Waals surface area contributed by atoms with Crippen molar-refractivity contribution in [3.8, 4) is 0 Å². The van der Waals surface area contributed by atoms with Gasteiger partial charge in [0, 0.05) is 18.4 Å². The third-order valence-corrected chi connectivity index (χ3v) is 6.34. The minimum atomic E-state index is -0.0237. The summed E-state index contributed by atoms with van der Waals surface area (Å²) in [6.45, 7) is 1.64. The molecule has 22 heavy (non-hydrogen) atoms. The topological polar surface area (TPSA) is 68.0 Å². The molecule has 0 aliphatic heterocycles. The summed E-state index contributed by atoms with van der Waals surface area (Å²) in [6, 6.07) is 0. The molecule has 0 aromatic carbocycles. The molecule has 0 radical (unpaired) electrons. The molecule has 1 N–H and O–H groups in total. The molecule has 4 bridgehead atoms. The highest BCUT2D eigenvalue weighted by Gasteiger charge is 2.60. The van der Waals surface area contributed by atoms with Crippen molar-refractivity contribution in [1.82, 2.24) is 15.5 Å². The number of amides is 1. The van der Waals surface area contributed by atoms with Crippen LogP contribution in [0, 0.1) is 11.8 Å². The van der Waals surface area contributed by atoms with Crippen molar-refractivity contribution in [1.29, 1.82) is 0 Å². The molecule has 5 aliphatic rings. The van der Waals surface area contributed by atoms with Gasteiger partial charge in [0.25, 0.3) is 0 Å². The van der Waals surface area contributed by atoms with Crippen molar-refractivity contribution in [3.05, 3.63) is 11.7 Å². The highest BCUT2D eigenvalue weighted by molar-refractivity contribution is 5.74. The van der Waals surface area contributed by atoms with Gasteiger partial charge in [0.2, 0.25) is 11.8 Å². The number of carbonyl (C=O) groups excluding carboxylic acids is 1. The van der Waals surface area contributed by atoms with Gasteiger partial charge in [-0.1, -0.05) is 5.16 Å². The molecular weight excluding hydrogens is 278 g/mol. The molecule has 0 spiro atoms. The number of rotatable bonds is 3. The lowest BCUT2D eigenvalue weighted by atomic mass is 9.46. The fourth-order valence-corrected chi connectivity index (χ4v) is 5.99. The first-order valence-corrected chi connectivity index (χ1v) is 8.69. The Morgan fingerprint density at radius 1 is 1.23 bits per heavy atom. The SMILES string of the molecule is CC(=O)NC12C[C@H]3C[C@@H](C1)CC(c1nc(C4CC4)no1)(C3)C2. The van der Waals surface area contributed by atoms with Gasteiger partial charge < -0.3 is 9.84 Å². The number of carbonyl (C=O) groups is 1. The largest absolute Gasteiger partial charge is 0.351 e. The quantitative estimate of drug-likeness (QED) is 0.932. The Morgan fingerprint density at radius 3 is 2.59 bits per heavy atom. The Hall–Kier alpha value is -1.39. The maximum Gasteiger partial charge on any atom is 0.232 e. The summed E-state index contributed by atoms with van der Waals surface area (Å²) in [4.78, 5) is 16.5. The van der Waals surface area contributed by atoms with Crippen LogP contribution in [0.1, 0.15) is 75.9 Å². The summed E-state index contributed by atoms with van der Waals surface area (Å²) in [5.41, 5.74) is -0.00317. The fraction of sp³-hybridized carbons (Fsp3) is 0.824. The first kappa shape index (κ1) is 13.1. The molecule has 1 amide bonds. The first-order valence-electron chi connectivity index (χ1n) is 8.69. The summed E-state index contributed by atoms with van der Waals surface area (Å²) in [6.07, 6.45) is 9.29. The Morgan fingerprint density at radius 2 is 1.95 bits per heavy atom. The molecule has 6 rings (SSSR count). The summed E-state index contributed by atoms with van der Waals surface area (Å²) >= 11 is 0. The molecule has 1 aromatic heterocycles. The van der Waals surface area contributed by atoms with E-state index < -0.39 is 0 Å².